The van der Waals surface area contributed by atoms with Crippen LogP contribution in [0.2, 0.25) is 0 Å². The first-order valence-electron chi connectivity index (χ1n) is 8.74. The Morgan fingerprint density at radius 2 is 1.62 bits per heavy atom. The van der Waals surface area contributed by atoms with Crippen molar-refractivity contribution >= 4 is 11.7 Å². The Labute approximate surface area is 154 Å². The van der Waals surface area contributed by atoms with Gasteiger partial charge >= 0.3 is 5.97 Å². The molecule has 26 heavy (non-hydrogen) atoms. The Kier molecular flexibility index (Phi) is 5.37. The molecule has 3 aromatic rings. The van der Waals surface area contributed by atoms with E-state index in [0.29, 0.717) is 5.69 Å². The summed E-state index contributed by atoms with van der Waals surface area (Å²) in [6, 6.07) is 23.8. The molecule has 3 heteroatoms. The number of rotatable bonds is 6. The van der Waals surface area contributed by atoms with Gasteiger partial charge in [-0.15, -0.1) is 0 Å². The molecule has 0 aromatic heterocycles. The minimum absolute atomic E-state index is 0.0165. The van der Waals surface area contributed by atoms with Gasteiger partial charge in [-0.1, -0.05) is 71.8 Å². The van der Waals surface area contributed by atoms with Crippen LogP contribution in [0.3, 0.4) is 0 Å². The van der Waals surface area contributed by atoms with Crippen molar-refractivity contribution in [1.82, 2.24) is 0 Å². The number of aromatic carboxylic acids is 1. The molecule has 0 aliphatic rings. The van der Waals surface area contributed by atoms with Crippen LogP contribution in [0, 0.1) is 13.8 Å². The highest BCUT2D eigenvalue weighted by molar-refractivity contribution is 5.94. The second-order valence-electron chi connectivity index (χ2n) is 6.65. The van der Waals surface area contributed by atoms with Gasteiger partial charge < -0.3 is 10.4 Å². The number of carboxylic acid groups (broad SMARTS) is 1. The predicted molar refractivity (Wildman–Crippen MR) is 106 cm³/mol. The van der Waals surface area contributed by atoms with Gasteiger partial charge in [0.25, 0.3) is 0 Å². The largest absolute Gasteiger partial charge is 0.478 e. The smallest absolute Gasteiger partial charge is 0.337 e. The average molecular weight is 345 g/mol. The number of hydrogen-bond acceptors (Lipinski definition) is 2. The van der Waals surface area contributed by atoms with Crippen molar-refractivity contribution in [3.63, 3.8) is 0 Å². The molecule has 0 fully saturated rings. The summed E-state index contributed by atoms with van der Waals surface area (Å²) in [5.74, 6) is -0.924. The fourth-order valence-electron chi connectivity index (χ4n) is 3.20. The molecule has 1 unspecified atom stereocenters. The third kappa shape index (κ3) is 4.31. The van der Waals surface area contributed by atoms with Crippen LogP contribution in [-0.2, 0) is 6.42 Å². The highest BCUT2D eigenvalue weighted by atomic mass is 16.4. The summed E-state index contributed by atoms with van der Waals surface area (Å²) in [6.45, 7) is 4.15. The number of hydrogen-bond donors (Lipinski definition) is 2. The standard InChI is InChI=1S/C23H23NO2/c1-16-7-5-9-18(13-16)15-22(19-10-6-8-17(2)14-19)24-21-12-4-3-11-20(21)23(25)26/h3-14,22,24H,15H2,1-2H3,(H,25,26). The van der Waals surface area contributed by atoms with E-state index in [0.717, 1.165) is 12.0 Å². The normalized spacial score (nSPS) is 11.8. The molecule has 3 nitrogen and oxygen atoms in total. The zero-order chi connectivity index (χ0) is 18.5. The molecule has 3 rings (SSSR count). The first-order valence-corrected chi connectivity index (χ1v) is 8.74. The Morgan fingerprint density at radius 1 is 0.923 bits per heavy atom. The van der Waals surface area contributed by atoms with Crippen LogP contribution in [0.15, 0.2) is 72.8 Å². The van der Waals surface area contributed by atoms with Crippen LogP contribution in [0.5, 0.6) is 0 Å². The lowest BCUT2D eigenvalue weighted by molar-refractivity contribution is 0.0698. The van der Waals surface area contributed by atoms with E-state index in [2.05, 4.69) is 61.6 Å². The molecule has 1 atom stereocenters. The maximum absolute atomic E-state index is 11.6. The van der Waals surface area contributed by atoms with E-state index < -0.39 is 5.97 Å². The van der Waals surface area contributed by atoms with Crippen LogP contribution in [0.1, 0.15) is 38.7 Å². The maximum atomic E-state index is 11.6. The van der Waals surface area contributed by atoms with Gasteiger partial charge in [0.15, 0.2) is 0 Å². The predicted octanol–water partition coefficient (Wildman–Crippen LogP) is 5.40. The molecule has 0 radical (unpaired) electrons. The molecular weight excluding hydrogens is 322 g/mol. The van der Waals surface area contributed by atoms with E-state index in [1.54, 1.807) is 12.1 Å². The monoisotopic (exact) mass is 345 g/mol. The summed E-state index contributed by atoms with van der Waals surface area (Å²) in [5.41, 5.74) is 5.69. The zero-order valence-corrected chi connectivity index (χ0v) is 15.1. The first kappa shape index (κ1) is 17.7. The summed E-state index contributed by atoms with van der Waals surface area (Å²) in [6.07, 6.45) is 0.777. The van der Waals surface area contributed by atoms with E-state index in [1.165, 1.54) is 16.7 Å². The van der Waals surface area contributed by atoms with Gasteiger partial charge in [0.2, 0.25) is 0 Å². The molecule has 0 aliphatic carbocycles. The van der Waals surface area contributed by atoms with Gasteiger partial charge in [0.1, 0.15) is 0 Å². The second-order valence-corrected chi connectivity index (χ2v) is 6.65. The molecule has 0 aliphatic heterocycles. The summed E-state index contributed by atoms with van der Waals surface area (Å²) in [4.78, 5) is 11.6. The van der Waals surface area contributed by atoms with Crippen molar-refractivity contribution in [3.05, 3.63) is 101 Å². The lowest BCUT2D eigenvalue weighted by Gasteiger charge is -2.22. The van der Waals surface area contributed by atoms with E-state index in [9.17, 15) is 9.90 Å². The number of carbonyl (C=O) groups is 1. The molecule has 0 saturated carbocycles. The van der Waals surface area contributed by atoms with Crippen molar-refractivity contribution in [2.45, 2.75) is 26.3 Å². The fraction of sp³-hybridized carbons (Fsp3) is 0.174. The third-order valence-corrected chi connectivity index (χ3v) is 4.45. The van der Waals surface area contributed by atoms with Crippen LogP contribution >= 0.6 is 0 Å². The SMILES string of the molecule is Cc1cccc(CC(Nc2ccccc2C(=O)O)c2cccc(C)c2)c1. The summed E-state index contributed by atoms with van der Waals surface area (Å²) in [7, 11) is 0. The van der Waals surface area contributed by atoms with Crippen molar-refractivity contribution in [2.24, 2.45) is 0 Å². The molecule has 132 valence electrons. The lowest BCUT2D eigenvalue weighted by atomic mass is 9.96. The number of para-hydroxylation sites is 1. The molecule has 0 amide bonds. The highest BCUT2D eigenvalue weighted by Crippen LogP contribution is 2.27. The number of benzene rings is 3. The molecule has 0 spiro atoms. The zero-order valence-electron chi connectivity index (χ0n) is 15.1. The van der Waals surface area contributed by atoms with E-state index in [1.807, 2.05) is 18.2 Å². The third-order valence-electron chi connectivity index (χ3n) is 4.45. The lowest BCUT2D eigenvalue weighted by Crippen LogP contribution is -2.16. The van der Waals surface area contributed by atoms with Crippen LogP contribution in [0.25, 0.3) is 0 Å². The Morgan fingerprint density at radius 3 is 2.31 bits per heavy atom. The van der Waals surface area contributed by atoms with Gasteiger partial charge in [-0.25, -0.2) is 4.79 Å². The second kappa shape index (κ2) is 7.87. The molecule has 0 heterocycles. The summed E-state index contributed by atoms with van der Waals surface area (Å²) in [5, 5.41) is 12.9. The molecular formula is C23H23NO2. The number of aryl methyl sites for hydroxylation is 2. The number of nitrogens with one attached hydrogen (secondary N) is 1. The van der Waals surface area contributed by atoms with E-state index >= 15 is 0 Å². The van der Waals surface area contributed by atoms with Crippen molar-refractivity contribution in [1.29, 1.82) is 0 Å². The van der Waals surface area contributed by atoms with Crippen molar-refractivity contribution in [3.8, 4) is 0 Å². The van der Waals surface area contributed by atoms with E-state index in [-0.39, 0.29) is 11.6 Å². The maximum Gasteiger partial charge on any atom is 0.337 e. The van der Waals surface area contributed by atoms with Gasteiger partial charge in [0, 0.05) is 5.69 Å². The molecule has 0 saturated heterocycles. The Balaban J connectivity index is 1.97. The van der Waals surface area contributed by atoms with Crippen LogP contribution in [0.4, 0.5) is 5.69 Å². The molecule has 2 N–H and O–H groups in total. The molecule has 0 bridgehead atoms. The minimum Gasteiger partial charge on any atom is -0.478 e. The Bertz CT molecular complexity index is 917. The van der Waals surface area contributed by atoms with Crippen molar-refractivity contribution in [2.75, 3.05) is 5.32 Å². The van der Waals surface area contributed by atoms with Gasteiger partial charge in [-0.3, -0.25) is 0 Å². The minimum atomic E-state index is -0.924. The van der Waals surface area contributed by atoms with Crippen LogP contribution < -0.4 is 5.32 Å². The molecule has 3 aromatic carbocycles. The van der Waals surface area contributed by atoms with Gasteiger partial charge in [-0.05, 0) is 43.5 Å². The summed E-state index contributed by atoms with van der Waals surface area (Å²) >= 11 is 0. The van der Waals surface area contributed by atoms with Gasteiger partial charge in [0.05, 0.1) is 11.6 Å². The number of carboxylic acids is 1. The van der Waals surface area contributed by atoms with Gasteiger partial charge in [-0.2, -0.15) is 0 Å². The highest BCUT2D eigenvalue weighted by Gasteiger charge is 2.16. The quantitative estimate of drug-likeness (QED) is 0.629. The van der Waals surface area contributed by atoms with E-state index in [4.69, 9.17) is 0 Å². The summed E-state index contributed by atoms with van der Waals surface area (Å²) < 4.78 is 0. The first-order chi connectivity index (χ1) is 12.5. The Hall–Kier alpha value is -3.07. The van der Waals surface area contributed by atoms with Crippen molar-refractivity contribution < 1.29 is 9.90 Å². The number of anilines is 1. The topological polar surface area (TPSA) is 49.3 Å². The average Bonchev–Trinajstić information content (AvgIpc) is 2.61. The fourth-order valence-corrected chi connectivity index (χ4v) is 3.20. The van der Waals surface area contributed by atoms with Crippen LogP contribution in [-0.4, -0.2) is 11.1 Å².